The number of nitrogens with one attached hydrogen (secondary N) is 1. The van der Waals surface area contributed by atoms with Gasteiger partial charge in [-0.15, -0.1) is 11.3 Å². The summed E-state index contributed by atoms with van der Waals surface area (Å²) >= 11 is 1.47. The molecule has 1 unspecified atom stereocenters. The first kappa shape index (κ1) is 17.9. The van der Waals surface area contributed by atoms with E-state index in [1.54, 1.807) is 12.1 Å². The average molecular weight is 359 g/mol. The number of aromatic hydroxyl groups is 1. The number of aromatic nitrogens is 1. The second-order valence-corrected chi connectivity index (χ2v) is 7.66. The van der Waals surface area contributed by atoms with Crippen molar-refractivity contribution in [3.8, 4) is 5.75 Å². The summed E-state index contributed by atoms with van der Waals surface area (Å²) in [5, 5.41) is 15.3. The predicted molar refractivity (Wildman–Crippen MR) is 101 cm³/mol. The van der Waals surface area contributed by atoms with Crippen molar-refractivity contribution < 1.29 is 9.90 Å². The molecule has 0 saturated carbocycles. The number of benzene rings is 1. The van der Waals surface area contributed by atoms with Gasteiger partial charge in [0.1, 0.15) is 5.75 Å². The van der Waals surface area contributed by atoms with E-state index in [4.69, 9.17) is 0 Å². The Morgan fingerprint density at radius 3 is 3.08 bits per heavy atom. The first-order valence-corrected chi connectivity index (χ1v) is 9.71. The predicted octanol–water partition coefficient (Wildman–Crippen LogP) is 3.65. The molecule has 0 bridgehead atoms. The number of likely N-dealkylation sites (tertiary alicyclic amines) is 1. The summed E-state index contributed by atoms with van der Waals surface area (Å²) in [5.41, 5.74) is 1.81. The highest BCUT2D eigenvalue weighted by molar-refractivity contribution is 7.13. The van der Waals surface area contributed by atoms with Gasteiger partial charge >= 0.3 is 0 Å². The topological polar surface area (TPSA) is 65.5 Å². The SMILES string of the molecule is CC1CCCN(Cc2csc(NC(=O)CCc3ccccc3O)n2)C1. The smallest absolute Gasteiger partial charge is 0.226 e. The molecule has 1 saturated heterocycles. The third-order valence-corrected chi connectivity index (χ3v) is 5.34. The first-order chi connectivity index (χ1) is 12.1. The molecule has 0 spiro atoms. The number of rotatable bonds is 6. The Bertz CT molecular complexity index is 716. The van der Waals surface area contributed by atoms with Gasteiger partial charge in [-0.2, -0.15) is 0 Å². The maximum atomic E-state index is 12.1. The lowest BCUT2D eigenvalue weighted by Crippen LogP contribution is -2.33. The number of piperidine rings is 1. The minimum atomic E-state index is -0.0734. The van der Waals surface area contributed by atoms with Crippen molar-refractivity contribution in [2.45, 2.75) is 39.2 Å². The van der Waals surface area contributed by atoms with Gasteiger partial charge in [0.15, 0.2) is 5.13 Å². The molecule has 1 aliphatic rings. The summed E-state index contributed by atoms with van der Waals surface area (Å²) in [4.78, 5) is 19.1. The lowest BCUT2D eigenvalue weighted by Gasteiger charge is -2.30. The fraction of sp³-hybridized carbons (Fsp3) is 0.474. The monoisotopic (exact) mass is 359 g/mol. The Morgan fingerprint density at radius 1 is 1.44 bits per heavy atom. The number of aryl methyl sites for hydroxylation is 1. The first-order valence-electron chi connectivity index (χ1n) is 8.83. The second-order valence-electron chi connectivity index (χ2n) is 6.80. The molecule has 1 atom stereocenters. The molecule has 0 aliphatic carbocycles. The number of carbonyl (C=O) groups is 1. The number of amides is 1. The minimum Gasteiger partial charge on any atom is -0.508 e. The zero-order chi connectivity index (χ0) is 17.6. The highest BCUT2D eigenvalue weighted by Gasteiger charge is 2.17. The van der Waals surface area contributed by atoms with Crippen LogP contribution in [0, 0.1) is 5.92 Å². The van der Waals surface area contributed by atoms with Crippen LogP contribution in [0.15, 0.2) is 29.6 Å². The molecule has 134 valence electrons. The molecule has 6 heteroatoms. The number of phenols is 1. The van der Waals surface area contributed by atoms with Crippen LogP contribution < -0.4 is 5.32 Å². The molecule has 0 radical (unpaired) electrons. The van der Waals surface area contributed by atoms with E-state index in [1.807, 2.05) is 17.5 Å². The molecule has 2 heterocycles. The molecule has 2 N–H and O–H groups in total. The van der Waals surface area contributed by atoms with Crippen LogP contribution in [0.25, 0.3) is 0 Å². The van der Waals surface area contributed by atoms with Crippen molar-refractivity contribution in [3.05, 3.63) is 40.9 Å². The highest BCUT2D eigenvalue weighted by Crippen LogP contribution is 2.22. The largest absolute Gasteiger partial charge is 0.508 e. The van der Waals surface area contributed by atoms with Gasteiger partial charge in [-0.1, -0.05) is 25.1 Å². The second kappa shape index (κ2) is 8.45. The minimum absolute atomic E-state index is 0.0734. The van der Waals surface area contributed by atoms with Crippen molar-refractivity contribution in [2.75, 3.05) is 18.4 Å². The summed E-state index contributed by atoms with van der Waals surface area (Å²) in [6.07, 6.45) is 3.41. The molecule has 1 aliphatic heterocycles. The lowest BCUT2D eigenvalue weighted by atomic mass is 10.0. The maximum Gasteiger partial charge on any atom is 0.226 e. The Morgan fingerprint density at radius 2 is 2.28 bits per heavy atom. The number of hydrogen-bond donors (Lipinski definition) is 2. The Hall–Kier alpha value is -1.92. The Kier molecular flexibility index (Phi) is 6.04. The number of hydrogen-bond acceptors (Lipinski definition) is 5. The maximum absolute atomic E-state index is 12.1. The molecule has 1 amide bonds. The highest BCUT2D eigenvalue weighted by atomic mass is 32.1. The van der Waals surface area contributed by atoms with E-state index < -0.39 is 0 Å². The van der Waals surface area contributed by atoms with Gasteiger partial charge in [0.05, 0.1) is 5.69 Å². The summed E-state index contributed by atoms with van der Waals surface area (Å²) < 4.78 is 0. The molecule has 3 rings (SSSR count). The zero-order valence-electron chi connectivity index (χ0n) is 14.6. The summed E-state index contributed by atoms with van der Waals surface area (Å²) in [6, 6.07) is 7.12. The third-order valence-electron chi connectivity index (χ3n) is 4.54. The van der Waals surface area contributed by atoms with Gasteiger partial charge in [0.2, 0.25) is 5.91 Å². The van der Waals surface area contributed by atoms with Crippen LogP contribution in [0.5, 0.6) is 5.75 Å². The van der Waals surface area contributed by atoms with E-state index in [0.717, 1.165) is 36.8 Å². The van der Waals surface area contributed by atoms with Crippen molar-refractivity contribution >= 4 is 22.4 Å². The number of para-hydroxylation sites is 1. The van der Waals surface area contributed by atoms with Crippen LogP contribution in [0.4, 0.5) is 5.13 Å². The van der Waals surface area contributed by atoms with Crippen LogP contribution in [0.3, 0.4) is 0 Å². The van der Waals surface area contributed by atoms with E-state index in [9.17, 15) is 9.90 Å². The number of nitrogens with zero attached hydrogens (tertiary/aromatic N) is 2. The van der Waals surface area contributed by atoms with E-state index in [2.05, 4.69) is 22.1 Å². The van der Waals surface area contributed by atoms with Gasteiger partial charge in [0.25, 0.3) is 0 Å². The molecule has 1 aromatic carbocycles. The van der Waals surface area contributed by atoms with E-state index >= 15 is 0 Å². The van der Waals surface area contributed by atoms with Crippen LogP contribution in [0.1, 0.15) is 37.4 Å². The fourth-order valence-corrected chi connectivity index (χ4v) is 3.97. The summed E-state index contributed by atoms with van der Waals surface area (Å²) in [7, 11) is 0. The molecule has 1 aromatic heterocycles. The van der Waals surface area contributed by atoms with Crippen LogP contribution in [-0.2, 0) is 17.8 Å². The van der Waals surface area contributed by atoms with Gasteiger partial charge in [0, 0.05) is 24.9 Å². The number of phenolic OH excluding ortho intramolecular Hbond substituents is 1. The van der Waals surface area contributed by atoms with Gasteiger partial charge < -0.3 is 10.4 Å². The van der Waals surface area contributed by atoms with Crippen LogP contribution in [0.2, 0.25) is 0 Å². The van der Waals surface area contributed by atoms with Gasteiger partial charge in [-0.25, -0.2) is 4.98 Å². The quantitative estimate of drug-likeness (QED) is 0.826. The Labute approximate surface area is 152 Å². The van der Waals surface area contributed by atoms with E-state index in [1.165, 1.54) is 24.2 Å². The van der Waals surface area contributed by atoms with E-state index in [-0.39, 0.29) is 11.7 Å². The lowest BCUT2D eigenvalue weighted by molar-refractivity contribution is -0.116. The molecular weight excluding hydrogens is 334 g/mol. The normalized spacial score (nSPS) is 18.2. The van der Waals surface area contributed by atoms with Crippen molar-refractivity contribution in [1.82, 2.24) is 9.88 Å². The summed E-state index contributed by atoms with van der Waals surface area (Å²) in [6.45, 7) is 5.40. The molecular formula is C19H25N3O2S. The Balaban J connectivity index is 1.47. The van der Waals surface area contributed by atoms with Gasteiger partial charge in [-0.05, 0) is 43.4 Å². The molecule has 1 fully saturated rings. The van der Waals surface area contributed by atoms with Crippen LogP contribution >= 0.6 is 11.3 Å². The third kappa shape index (κ3) is 5.28. The van der Waals surface area contributed by atoms with E-state index in [0.29, 0.717) is 18.0 Å². The van der Waals surface area contributed by atoms with Crippen molar-refractivity contribution in [1.29, 1.82) is 0 Å². The van der Waals surface area contributed by atoms with Gasteiger partial charge in [-0.3, -0.25) is 9.69 Å². The summed E-state index contributed by atoms with van der Waals surface area (Å²) in [5.74, 6) is 0.916. The van der Waals surface area contributed by atoms with Crippen LogP contribution in [-0.4, -0.2) is 34.0 Å². The number of thiazole rings is 1. The van der Waals surface area contributed by atoms with Crippen molar-refractivity contribution in [2.24, 2.45) is 5.92 Å². The van der Waals surface area contributed by atoms with Crippen molar-refractivity contribution in [3.63, 3.8) is 0 Å². The fourth-order valence-electron chi connectivity index (χ4n) is 3.25. The molecule has 2 aromatic rings. The standard InChI is InChI=1S/C19H25N3O2S/c1-14-5-4-10-22(11-14)12-16-13-25-19(20-16)21-18(24)9-8-15-6-2-3-7-17(15)23/h2-3,6-7,13-14,23H,4-5,8-12H2,1H3,(H,20,21,24). The number of carbonyl (C=O) groups excluding carboxylic acids is 1. The zero-order valence-corrected chi connectivity index (χ0v) is 15.4. The number of anilines is 1. The molecule has 5 nitrogen and oxygen atoms in total. The average Bonchev–Trinajstić information content (AvgIpc) is 3.01. The molecule has 25 heavy (non-hydrogen) atoms.